The minimum absolute atomic E-state index is 0.0293. The predicted molar refractivity (Wildman–Crippen MR) is 146 cm³/mol. The molecule has 1 unspecified atom stereocenters. The molecule has 0 radical (unpaired) electrons. The average Bonchev–Trinajstić information content (AvgIpc) is 3.64. The van der Waals surface area contributed by atoms with Crippen LogP contribution in [0.4, 0.5) is 0 Å². The maximum atomic E-state index is 13.8. The monoisotopic (exact) mass is 529 g/mol. The molecule has 2 heterocycles. The first-order chi connectivity index (χ1) is 18.7. The molecule has 1 aromatic heterocycles. The van der Waals surface area contributed by atoms with Crippen molar-refractivity contribution in [3.05, 3.63) is 82.9 Å². The van der Waals surface area contributed by atoms with Gasteiger partial charge in [0.05, 0.1) is 19.0 Å². The number of carbonyl (C=O) groups excluding carboxylic acids is 3. The first-order valence-corrected chi connectivity index (χ1v) is 13.4. The number of fused-ring (bicyclic) bond motifs is 1. The fourth-order valence-corrected chi connectivity index (χ4v) is 5.14. The number of aromatic nitrogens is 2. The van der Waals surface area contributed by atoms with Crippen LogP contribution in [0.1, 0.15) is 71.3 Å². The molecule has 1 aliphatic heterocycles. The van der Waals surface area contributed by atoms with Gasteiger partial charge in [-0.05, 0) is 63.8 Å². The van der Waals surface area contributed by atoms with Gasteiger partial charge in [0.25, 0.3) is 11.8 Å². The molecule has 0 saturated heterocycles. The molecule has 2 aromatic carbocycles. The van der Waals surface area contributed by atoms with E-state index in [9.17, 15) is 14.4 Å². The number of benzene rings is 2. The third kappa shape index (κ3) is 5.53. The maximum absolute atomic E-state index is 13.8. The number of amides is 3. The van der Waals surface area contributed by atoms with Crippen molar-refractivity contribution in [2.24, 2.45) is 0 Å². The fourth-order valence-electron chi connectivity index (χ4n) is 5.14. The molecule has 0 spiro atoms. The second kappa shape index (κ2) is 10.6. The van der Waals surface area contributed by atoms with E-state index in [1.165, 1.54) is 6.33 Å². The Kier molecular flexibility index (Phi) is 7.16. The van der Waals surface area contributed by atoms with Gasteiger partial charge in [0, 0.05) is 19.1 Å². The van der Waals surface area contributed by atoms with Crippen molar-refractivity contribution in [2.45, 2.75) is 77.9 Å². The van der Waals surface area contributed by atoms with Crippen molar-refractivity contribution in [3.63, 3.8) is 0 Å². The Morgan fingerprint density at radius 3 is 2.46 bits per heavy atom. The second-order valence-corrected chi connectivity index (χ2v) is 10.9. The molecular weight excluding hydrogens is 494 g/mol. The van der Waals surface area contributed by atoms with Crippen LogP contribution in [0.5, 0.6) is 5.75 Å². The lowest BCUT2D eigenvalue weighted by Crippen LogP contribution is -2.64. The Bertz CT molecular complexity index is 1390. The molecule has 5 rings (SSSR count). The van der Waals surface area contributed by atoms with Gasteiger partial charge in [0.15, 0.2) is 5.69 Å². The largest absolute Gasteiger partial charge is 0.491 e. The van der Waals surface area contributed by atoms with Crippen LogP contribution in [0.3, 0.4) is 0 Å². The van der Waals surface area contributed by atoms with Crippen LogP contribution in [-0.2, 0) is 24.4 Å². The zero-order valence-electron chi connectivity index (χ0n) is 22.9. The summed E-state index contributed by atoms with van der Waals surface area (Å²) in [6, 6.07) is 15.4. The van der Waals surface area contributed by atoms with E-state index in [1.807, 2.05) is 69.3 Å². The number of nitrogens with one attached hydrogen (secondary N) is 2. The summed E-state index contributed by atoms with van der Waals surface area (Å²) in [5.74, 6) is -0.225. The lowest BCUT2D eigenvalue weighted by molar-refractivity contribution is -0.133. The molecule has 204 valence electrons. The van der Waals surface area contributed by atoms with E-state index < -0.39 is 11.4 Å². The van der Waals surface area contributed by atoms with Gasteiger partial charge in [0.2, 0.25) is 5.91 Å². The zero-order valence-corrected chi connectivity index (χ0v) is 22.9. The maximum Gasteiger partial charge on any atom is 0.274 e. The molecular formula is C30H35N5O4. The molecule has 1 atom stereocenters. The van der Waals surface area contributed by atoms with Crippen molar-refractivity contribution >= 4 is 17.7 Å². The standard InChI is InChI=1S/C30H35N5O4/c1-19(2)39-24-12-8-21(9-13-24)15-31-27(36)25-26-28(37)35(23-10-11-23)30(4,17-34(26)18-33-25)29(38)32-16-22-7-5-6-20(3)14-22/h5-9,12-14,18-19,23H,10-11,15-17H2,1-4H3,(H,31,36)(H,32,38). The van der Waals surface area contributed by atoms with Crippen molar-refractivity contribution in [3.8, 4) is 5.75 Å². The van der Waals surface area contributed by atoms with E-state index in [4.69, 9.17) is 4.74 Å². The molecule has 39 heavy (non-hydrogen) atoms. The topological polar surface area (TPSA) is 106 Å². The molecule has 9 nitrogen and oxygen atoms in total. The first-order valence-electron chi connectivity index (χ1n) is 13.4. The summed E-state index contributed by atoms with van der Waals surface area (Å²) in [6.45, 7) is 8.61. The van der Waals surface area contributed by atoms with E-state index in [2.05, 4.69) is 15.6 Å². The van der Waals surface area contributed by atoms with Gasteiger partial charge >= 0.3 is 0 Å². The number of imidazole rings is 1. The number of carbonyl (C=O) groups is 3. The quantitative estimate of drug-likeness (QED) is 0.441. The molecule has 3 aromatic rings. The highest BCUT2D eigenvalue weighted by molar-refractivity contribution is 6.07. The van der Waals surface area contributed by atoms with Gasteiger partial charge in [-0.1, -0.05) is 42.0 Å². The summed E-state index contributed by atoms with van der Waals surface area (Å²) < 4.78 is 7.31. The highest BCUT2D eigenvalue weighted by Gasteiger charge is 2.53. The van der Waals surface area contributed by atoms with Crippen molar-refractivity contribution in [2.75, 3.05) is 0 Å². The van der Waals surface area contributed by atoms with Gasteiger partial charge in [-0.3, -0.25) is 14.4 Å². The molecule has 2 N–H and O–H groups in total. The lowest BCUT2D eigenvalue weighted by Gasteiger charge is -2.44. The summed E-state index contributed by atoms with van der Waals surface area (Å²) in [4.78, 5) is 46.4. The normalized spacial score (nSPS) is 18.6. The lowest BCUT2D eigenvalue weighted by atomic mass is 9.93. The summed E-state index contributed by atoms with van der Waals surface area (Å²) >= 11 is 0. The third-order valence-corrected chi connectivity index (χ3v) is 7.17. The zero-order chi connectivity index (χ0) is 27.7. The Hall–Kier alpha value is -4.14. The average molecular weight is 530 g/mol. The number of aryl methyl sites for hydroxylation is 1. The van der Waals surface area contributed by atoms with Crippen LogP contribution in [-0.4, -0.2) is 49.9 Å². The van der Waals surface area contributed by atoms with Crippen molar-refractivity contribution < 1.29 is 19.1 Å². The van der Waals surface area contributed by atoms with Gasteiger partial charge in [-0.2, -0.15) is 0 Å². The van der Waals surface area contributed by atoms with Crippen LogP contribution >= 0.6 is 0 Å². The van der Waals surface area contributed by atoms with E-state index in [0.29, 0.717) is 6.54 Å². The second-order valence-electron chi connectivity index (χ2n) is 10.9. The van der Waals surface area contributed by atoms with Gasteiger partial charge in [0.1, 0.15) is 17.0 Å². The van der Waals surface area contributed by atoms with E-state index in [1.54, 1.807) is 16.4 Å². The molecule has 1 fully saturated rings. The highest BCUT2D eigenvalue weighted by atomic mass is 16.5. The Labute approximate surface area is 228 Å². The van der Waals surface area contributed by atoms with Crippen LogP contribution in [0.25, 0.3) is 0 Å². The van der Waals surface area contributed by atoms with Gasteiger partial charge < -0.3 is 24.8 Å². The Balaban J connectivity index is 1.31. The minimum Gasteiger partial charge on any atom is -0.491 e. The van der Waals surface area contributed by atoms with Crippen LogP contribution in [0, 0.1) is 6.92 Å². The van der Waals surface area contributed by atoms with Crippen molar-refractivity contribution in [1.82, 2.24) is 25.1 Å². The summed E-state index contributed by atoms with van der Waals surface area (Å²) in [5.41, 5.74) is 2.22. The number of ether oxygens (including phenoxy) is 1. The van der Waals surface area contributed by atoms with Crippen molar-refractivity contribution in [1.29, 1.82) is 0 Å². The molecule has 1 saturated carbocycles. The van der Waals surface area contributed by atoms with E-state index >= 15 is 0 Å². The fraction of sp³-hybridized carbons (Fsp3) is 0.400. The molecule has 9 heteroatoms. The van der Waals surface area contributed by atoms with E-state index in [-0.39, 0.29) is 48.4 Å². The van der Waals surface area contributed by atoms with Crippen LogP contribution < -0.4 is 15.4 Å². The molecule has 1 aliphatic carbocycles. The number of rotatable bonds is 9. The SMILES string of the molecule is Cc1cccc(CNC(=O)C2(C)Cn3cnc(C(=O)NCc4ccc(OC(C)C)cc4)c3C(=O)N2C2CC2)c1. The molecule has 3 amide bonds. The molecule has 2 aliphatic rings. The van der Waals surface area contributed by atoms with Gasteiger partial charge in [-0.15, -0.1) is 0 Å². The smallest absolute Gasteiger partial charge is 0.274 e. The first kappa shape index (κ1) is 26.5. The summed E-state index contributed by atoms with van der Waals surface area (Å²) in [6.07, 6.45) is 3.23. The van der Waals surface area contributed by atoms with Gasteiger partial charge in [-0.25, -0.2) is 4.98 Å². The molecule has 0 bridgehead atoms. The Morgan fingerprint density at radius 1 is 1.08 bits per heavy atom. The summed E-state index contributed by atoms with van der Waals surface area (Å²) in [7, 11) is 0. The van der Waals surface area contributed by atoms with Crippen LogP contribution in [0.15, 0.2) is 54.9 Å². The predicted octanol–water partition coefficient (Wildman–Crippen LogP) is 3.60. The van der Waals surface area contributed by atoms with E-state index in [0.717, 1.165) is 35.3 Å². The van der Waals surface area contributed by atoms with Crippen LogP contribution in [0.2, 0.25) is 0 Å². The number of hydrogen-bond acceptors (Lipinski definition) is 5. The number of hydrogen-bond donors (Lipinski definition) is 2. The third-order valence-electron chi connectivity index (χ3n) is 7.17. The highest BCUT2D eigenvalue weighted by Crippen LogP contribution is 2.38. The number of nitrogens with zero attached hydrogens (tertiary/aromatic N) is 3. The Morgan fingerprint density at radius 2 is 1.79 bits per heavy atom. The minimum atomic E-state index is -1.09. The summed E-state index contributed by atoms with van der Waals surface area (Å²) in [5, 5.41) is 5.90.